The van der Waals surface area contributed by atoms with Gasteiger partial charge in [-0.1, -0.05) is 11.3 Å². The first-order valence-electron chi connectivity index (χ1n) is 9.66. The highest BCUT2D eigenvalue weighted by atomic mass is 32.2. The minimum Gasteiger partial charge on any atom is -0.286 e. The molecule has 31 heavy (non-hydrogen) atoms. The number of thiazole rings is 1. The fraction of sp³-hybridized carbons (Fsp3) is 0.368. The molecule has 0 bridgehead atoms. The molecule has 0 atom stereocenters. The maximum atomic E-state index is 13.4. The Hall–Kier alpha value is -2.41. The van der Waals surface area contributed by atoms with Crippen LogP contribution in [0.3, 0.4) is 0 Å². The van der Waals surface area contributed by atoms with Crippen LogP contribution in [-0.4, -0.2) is 38.3 Å². The number of fused-ring (bicyclic) bond motifs is 1. The molecule has 5 rings (SSSR count). The summed E-state index contributed by atoms with van der Waals surface area (Å²) in [5.41, 5.74) is 0.417. The molecule has 9 nitrogen and oxygen atoms in total. The molecule has 12 heteroatoms. The van der Waals surface area contributed by atoms with Crippen LogP contribution < -0.4 is 10.4 Å². The van der Waals surface area contributed by atoms with E-state index in [9.17, 15) is 13.2 Å². The van der Waals surface area contributed by atoms with E-state index in [4.69, 9.17) is 0 Å². The number of hydrogen-bond donors (Lipinski definition) is 1. The third kappa shape index (κ3) is 3.73. The van der Waals surface area contributed by atoms with Gasteiger partial charge in [-0.05, 0) is 51.8 Å². The van der Waals surface area contributed by atoms with Gasteiger partial charge in [0.2, 0.25) is 15.2 Å². The lowest BCUT2D eigenvalue weighted by molar-refractivity contribution is 0.558. The van der Waals surface area contributed by atoms with Gasteiger partial charge in [-0.3, -0.25) is 4.57 Å². The van der Waals surface area contributed by atoms with Gasteiger partial charge in [-0.25, -0.2) is 27.5 Å². The lowest BCUT2D eigenvalue weighted by Crippen LogP contribution is -2.34. The van der Waals surface area contributed by atoms with Crippen LogP contribution in [0.5, 0.6) is 0 Å². The molecule has 1 aliphatic rings. The molecule has 0 aliphatic heterocycles. The Morgan fingerprint density at radius 3 is 2.52 bits per heavy atom. The molecule has 3 aromatic heterocycles. The van der Waals surface area contributed by atoms with Crippen LogP contribution in [0.1, 0.15) is 34.7 Å². The van der Waals surface area contributed by atoms with Crippen molar-refractivity contribution in [2.24, 2.45) is 0 Å². The topological polar surface area (TPSA) is 112 Å². The Balaban J connectivity index is 1.70. The summed E-state index contributed by atoms with van der Waals surface area (Å²) in [4.78, 5) is 18.7. The number of aromatic nitrogens is 5. The Morgan fingerprint density at radius 1 is 1.13 bits per heavy atom. The first-order chi connectivity index (χ1) is 14.7. The van der Waals surface area contributed by atoms with Gasteiger partial charge in [0, 0.05) is 16.6 Å². The van der Waals surface area contributed by atoms with Gasteiger partial charge in [0.25, 0.3) is 0 Å². The number of benzene rings is 1. The van der Waals surface area contributed by atoms with E-state index in [0.29, 0.717) is 27.7 Å². The molecule has 1 saturated carbocycles. The van der Waals surface area contributed by atoms with E-state index in [1.165, 1.54) is 33.3 Å². The summed E-state index contributed by atoms with van der Waals surface area (Å²) in [6.07, 6.45) is 3.38. The average molecular weight is 477 g/mol. The van der Waals surface area contributed by atoms with Crippen molar-refractivity contribution in [2.45, 2.75) is 50.6 Å². The van der Waals surface area contributed by atoms with Crippen molar-refractivity contribution in [2.75, 3.05) is 0 Å². The molecule has 0 unspecified atom stereocenters. The molecule has 0 spiro atoms. The van der Waals surface area contributed by atoms with Crippen molar-refractivity contribution in [1.29, 1.82) is 0 Å². The number of imidazole rings is 1. The minimum atomic E-state index is -3.72. The molecule has 0 amide bonds. The molecule has 4 aromatic rings. The highest BCUT2D eigenvalue weighted by molar-refractivity contribution is 7.89. The van der Waals surface area contributed by atoms with E-state index < -0.39 is 10.0 Å². The second-order valence-electron chi connectivity index (χ2n) is 7.97. The van der Waals surface area contributed by atoms with Crippen molar-refractivity contribution in [1.82, 2.24) is 29.0 Å². The molecule has 3 heterocycles. The fourth-order valence-electron chi connectivity index (χ4n) is 3.43. The first-order valence-corrected chi connectivity index (χ1v) is 12.8. The van der Waals surface area contributed by atoms with Gasteiger partial charge >= 0.3 is 5.69 Å². The zero-order valence-corrected chi connectivity index (χ0v) is 19.6. The molecular formula is C19H20N6O3S3. The van der Waals surface area contributed by atoms with E-state index in [2.05, 4.69) is 19.9 Å². The maximum Gasteiger partial charge on any atom is 0.335 e. The zero-order chi connectivity index (χ0) is 22.0. The molecule has 1 aliphatic carbocycles. The maximum absolute atomic E-state index is 13.4. The van der Waals surface area contributed by atoms with E-state index >= 15 is 0 Å². The van der Waals surface area contributed by atoms with Gasteiger partial charge < -0.3 is 0 Å². The van der Waals surface area contributed by atoms with E-state index in [1.807, 2.05) is 20.8 Å². The fourth-order valence-corrected chi connectivity index (χ4v) is 6.39. The van der Waals surface area contributed by atoms with Crippen LogP contribution in [0.15, 0.2) is 34.1 Å². The molecule has 1 fully saturated rings. The second kappa shape index (κ2) is 7.05. The van der Waals surface area contributed by atoms with Crippen molar-refractivity contribution in [3.05, 3.63) is 49.8 Å². The van der Waals surface area contributed by atoms with Gasteiger partial charge in [0.05, 0.1) is 27.5 Å². The van der Waals surface area contributed by atoms with Crippen LogP contribution in [0.4, 0.5) is 0 Å². The van der Waals surface area contributed by atoms with Gasteiger partial charge in [-0.2, -0.15) is 0 Å². The number of rotatable bonds is 6. The summed E-state index contributed by atoms with van der Waals surface area (Å²) in [5, 5.41) is 10.2. The van der Waals surface area contributed by atoms with Crippen molar-refractivity contribution < 1.29 is 8.42 Å². The summed E-state index contributed by atoms with van der Waals surface area (Å²) in [6.45, 7) is 5.95. The molecular weight excluding hydrogens is 456 g/mol. The van der Waals surface area contributed by atoms with Crippen molar-refractivity contribution in [3.8, 4) is 5.13 Å². The smallest absolute Gasteiger partial charge is 0.286 e. The van der Waals surface area contributed by atoms with Crippen LogP contribution in [0.2, 0.25) is 0 Å². The van der Waals surface area contributed by atoms with E-state index in [1.54, 1.807) is 22.9 Å². The van der Waals surface area contributed by atoms with Gasteiger partial charge in [0.15, 0.2) is 0 Å². The lowest BCUT2D eigenvalue weighted by atomic mass is 10.3. The van der Waals surface area contributed by atoms with Crippen LogP contribution in [0, 0.1) is 13.8 Å². The number of hydrogen-bond acceptors (Lipinski definition) is 8. The minimum absolute atomic E-state index is 0.119. The zero-order valence-electron chi connectivity index (χ0n) is 17.1. The summed E-state index contributed by atoms with van der Waals surface area (Å²) < 4.78 is 31.7. The summed E-state index contributed by atoms with van der Waals surface area (Å²) in [5.74, 6) is 0. The highest BCUT2D eigenvalue weighted by Crippen LogP contribution is 2.36. The Bertz CT molecular complexity index is 1470. The summed E-state index contributed by atoms with van der Waals surface area (Å²) in [6, 6.07) is 4.76. The number of nitrogens with zero attached hydrogens (tertiary/aromatic N) is 5. The van der Waals surface area contributed by atoms with Crippen molar-refractivity contribution in [3.63, 3.8) is 0 Å². The normalized spacial score (nSPS) is 15.6. The van der Waals surface area contributed by atoms with Crippen LogP contribution in [-0.2, 0) is 16.6 Å². The predicted octanol–water partition coefficient (Wildman–Crippen LogP) is 2.60. The molecule has 0 saturated heterocycles. The Morgan fingerprint density at radius 2 is 1.90 bits per heavy atom. The van der Waals surface area contributed by atoms with Gasteiger partial charge in [-0.15, -0.1) is 21.5 Å². The number of nitrogens with one attached hydrogen (secondary N) is 1. The second-order valence-corrected chi connectivity index (χ2v) is 12.1. The average Bonchev–Trinajstić information content (AvgIpc) is 3.03. The summed E-state index contributed by atoms with van der Waals surface area (Å²) >= 11 is 2.80. The third-order valence-electron chi connectivity index (χ3n) is 5.28. The lowest BCUT2D eigenvalue weighted by Gasteiger charge is -2.12. The van der Waals surface area contributed by atoms with Gasteiger partial charge in [0.1, 0.15) is 5.01 Å². The largest absolute Gasteiger partial charge is 0.335 e. The van der Waals surface area contributed by atoms with E-state index in [0.717, 1.165) is 22.7 Å². The summed E-state index contributed by atoms with van der Waals surface area (Å²) in [7, 11) is -3.72. The molecule has 1 aromatic carbocycles. The third-order valence-corrected chi connectivity index (χ3v) is 8.64. The van der Waals surface area contributed by atoms with Crippen molar-refractivity contribution >= 4 is 43.7 Å². The predicted molar refractivity (Wildman–Crippen MR) is 120 cm³/mol. The standard InChI is InChI=1S/C19H20N6O3S3/c1-11-20-9-13(29-11)10-24-15-5-4-14(31(27,28)23-19(3)6-7-19)8-16(15)25(18(24)26)17-22-21-12(2)30-17/h4-5,8-9,23H,6-7,10H2,1-3H3. The SMILES string of the molecule is Cc1ncc(Cn2c(=O)n(-c3nnc(C)s3)c3cc(S(=O)(=O)NC4(C)CC4)ccc32)s1. The van der Waals surface area contributed by atoms with E-state index in [-0.39, 0.29) is 16.1 Å². The monoisotopic (exact) mass is 476 g/mol. The molecule has 162 valence electrons. The molecule has 1 N–H and O–H groups in total. The first kappa shape index (κ1) is 20.5. The Kier molecular flexibility index (Phi) is 4.66. The number of aryl methyl sites for hydroxylation is 2. The number of sulfonamides is 1. The van der Waals surface area contributed by atoms with Crippen LogP contribution in [0.25, 0.3) is 16.2 Å². The Labute approximate surface area is 186 Å². The molecule has 0 radical (unpaired) electrons. The highest BCUT2D eigenvalue weighted by Gasteiger charge is 2.41. The quantitative estimate of drug-likeness (QED) is 0.458. The van der Waals surface area contributed by atoms with Crippen LogP contribution >= 0.6 is 22.7 Å².